The van der Waals surface area contributed by atoms with Crippen LogP contribution in [0.25, 0.3) is 0 Å². The van der Waals surface area contributed by atoms with E-state index < -0.39 is 32.1 Å². The van der Waals surface area contributed by atoms with Crippen LogP contribution in [0.5, 0.6) is 0 Å². The highest BCUT2D eigenvalue weighted by Gasteiger charge is 2.22. The largest absolute Gasteiger partial charge is 0.478 e. The molecule has 1 N–H and O–H groups in total. The van der Waals surface area contributed by atoms with Gasteiger partial charge in [-0.15, -0.1) is 0 Å². The van der Waals surface area contributed by atoms with Gasteiger partial charge in [-0.05, 0) is 28.1 Å². The molecular weight excluding hydrogens is 291 g/mol. The molecule has 1 rings (SSSR count). The molecular formula is C8H6BrFO4S. The predicted octanol–water partition coefficient (Wildman–Crippen LogP) is 1.69. The molecule has 0 bridgehead atoms. The predicted molar refractivity (Wildman–Crippen MR) is 54.2 cm³/mol. The summed E-state index contributed by atoms with van der Waals surface area (Å²) >= 11 is 2.83. The summed E-state index contributed by atoms with van der Waals surface area (Å²) in [5, 5.41) is 8.67. The van der Waals surface area contributed by atoms with Crippen LogP contribution in [0.4, 0.5) is 4.39 Å². The third-order valence-corrected chi connectivity index (χ3v) is 3.44. The number of aromatic carboxylic acids is 1. The zero-order valence-corrected chi connectivity index (χ0v) is 9.89. The van der Waals surface area contributed by atoms with Crippen LogP contribution in [0, 0.1) is 5.82 Å². The van der Waals surface area contributed by atoms with Gasteiger partial charge < -0.3 is 5.11 Å². The first kappa shape index (κ1) is 12.1. The number of carboxylic acid groups (broad SMARTS) is 1. The molecule has 0 spiro atoms. The Morgan fingerprint density at radius 2 is 2.00 bits per heavy atom. The van der Waals surface area contributed by atoms with Crippen LogP contribution in [0.1, 0.15) is 10.4 Å². The Labute approximate surface area is 93.8 Å². The Morgan fingerprint density at radius 1 is 1.47 bits per heavy atom. The molecule has 4 nitrogen and oxygen atoms in total. The molecule has 0 fully saturated rings. The molecule has 0 radical (unpaired) electrons. The van der Waals surface area contributed by atoms with Gasteiger partial charge in [0, 0.05) is 10.7 Å². The fraction of sp³-hybridized carbons (Fsp3) is 0.125. The topological polar surface area (TPSA) is 71.4 Å². The Morgan fingerprint density at radius 3 is 2.40 bits per heavy atom. The fourth-order valence-electron chi connectivity index (χ4n) is 1.02. The first-order chi connectivity index (χ1) is 6.75. The summed E-state index contributed by atoms with van der Waals surface area (Å²) in [6, 6.07) is 2.20. The zero-order valence-electron chi connectivity index (χ0n) is 7.49. The van der Waals surface area contributed by atoms with E-state index in [0.29, 0.717) is 0 Å². The number of halogens is 2. The van der Waals surface area contributed by atoms with Crippen molar-refractivity contribution in [3.8, 4) is 0 Å². The average molecular weight is 297 g/mol. The molecule has 82 valence electrons. The van der Waals surface area contributed by atoms with Crippen molar-refractivity contribution in [2.45, 2.75) is 4.90 Å². The maximum absolute atomic E-state index is 13.5. The summed E-state index contributed by atoms with van der Waals surface area (Å²) in [6.45, 7) is 0. The summed E-state index contributed by atoms with van der Waals surface area (Å²) in [5.41, 5.74) is -0.682. The van der Waals surface area contributed by atoms with Crippen molar-refractivity contribution in [2.24, 2.45) is 0 Å². The third kappa shape index (κ3) is 2.35. The molecule has 0 heterocycles. The van der Waals surface area contributed by atoms with Crippen molar-refractivity contribution in [3.05, 3.63) is 28.0 Å². The summed E-state index contributed by atoms with van der Waals surface area (Å²) in [5.74, 6) is -2.77. The normalized spacial score (nSPS) is 11.4. The summed E-state index contributed by atoms with van der Waals surface area (Å²) in [4.78, 5) is 10.0. The Balaban J connectivity index is 3.64. The van der Waals surface area contributed by atoms with Gasteiger partial charge in [0.2, 0.25) is 0 Å². The second kappa shape index (κ2) is 3.90. The van der Waals surface area contributed by atoms with Gasteiger partial charge in [-0.2, -0.15) is 0 Å². The molecule has 0 aromatic heterocycles. The van der Waals surface area contributed by atoms with Gasteiger partial charge in [0.25, 0.3) is 0 Å². The maximum atomic E-state index is 13.5. The smallest absolute Gasteiger partial charge is 0.339 e. The van der Waals surface area contributed by atoms with Gasteiger partial charge >= 0.3 is 5.97 Å². The van der Waals surface area contributed by atoms with E-state index in [1.54, 1.807) is 0 Å². The molecule has 1 aromatic carbocycles. The minimum Gasteiger partial charge on any atom is -0.478 e. The third-order valence-electron chi connectivity index (χ3n) is 1.67. The Hall–Kier alpha value is -0.950. The van der Waals surface area contributed by atoms with Gasteiger partial charge in [-0.1, -0.05) is 0 Å². The fourth-order valence-corrected chi connectivity index (χ4v) is 2.23. The molecule has 0 aliphatic heterocycles. The maximum Gasteiger partial charge on any atom is 0.339 e. The van der Waals surface area contributed by atoms with Crippen LogP contribution >= 0.6 is 15.9 Å². The first-order valence-electron chi connectivity index (χ1n) is 3.66. The lowest BCUT2D eigenvalue weighted by molar-refractivity contribution is 0.0690. The molecule has 0 unspecified atom stereocenters. The van der Waals surface area contributed by atoms with Crippen LogP contribution in [-0.4, -0.2) is 25.7 Å². The molecule has 0 saturated heterocycles. The van der Waals surface area contributed by atoms with E-state index in [2.05, 4.69) is 15.9 Å². The van der Waals surface area contributed by atoms with E-state index in [-0.39, 0.29) is 4.47 Å². The van der Waals surface area contributed by atoms with Crippen LogP contribution in [-0.2, 0) is 9.84 Å². The zero-order chi connectivity index (χ0) is 11.8. The molecule has 0 amide bonds. The van der Waals surface area contributed by atoms with E-state index in [9.17, 15) is 17.6 Å². The van der Waals surface area contributed by atoms with Gasteiger partial charge in [0.15, 0.2) is 15.7 Å². The molecule has 7 heteroatoms. The lowest BCUT2D eigenvalue weighted by atomic mass is 10.2. The number of hydrogen-bond acceptors (Lipinski definition) is 3. The van der Waals surface area contributed by atoms with E-state index in [1.807, 2.05) is 0 Å². The molecule has 0 saturated carbocycles. The van der Waals surface area contributed by atoms with Crippen LogP contribution in [0.3, 0.4) is 0 Å². The molecule has 0 atom stereocenters. The van der Waals surface area contributed by atoms with Gasteiger partial charge in [-0.3, -0.25) is 0 Å². The number of sulfone groups is 1. The molecule has 0 aliphatic carbocycles. The minimum absolute atomic E-state index is 0.0000926. The van der Waals surface area contributed by atoms with Gasteiger partial charge in [0.05, 0.1) is 0 Å². The number of rotatable bonds is 2. The Kier molecular flexibility index (Phi) is 3.15. The van der Waals surface area contributed by atoms with E-state index in [0.717, 1.165) is 12.3 Å². The highest BCUT2D eigenvalue weighted by atomic mass is 79.9. The highest BCUT2D eigenvalue weighted by Crippen LogP contribution is 2.25. The van der Waals surface area contributed by atoms with E-state index >= 15 is 0 Å². The SMILES string of the molecule is CS(=O)(=O)c1ccc(Br)c(C(=O)O)c1F. The number of benzene rings is 1. The number of carboxylic acids is 1. The van der Waals surface area contributed by atoms with Crippen LogP contribution in [0.2, 0.25) is 0 Å². The number of carbonyl (C=O) groups is 1. The second-order valence-corrected chi connectivity index (χ2v) is 5.65. The Bertz CT molecular complexity index is 524. The second-order valence-electron chi connectivity index (χ2n) is 2.81. The molecule has 15 heavy (non-hydrogen) atoms. The highest BCUT2D eigenvalue weighted by molar-refractivity contribution is 9.10. The summed E-state index contributed by atoms with van der Waals surface area (Å²) < 4.78 is 35.7. The van der Waals surface area contributed by atoms with Crippen molar-refractivity contribution >= 4 is 31.7 Å². The van der Waals surface area contributed by atoms with Crippen LogP contribution in [0.15, 0.2) is 21.5 Å². The first-order valence-corrected chi connectivity index (χ1v) is 6.35. The molecule has 0 aliphatic rings. The standard InChI is InChI=1S/C8H6BrFO4S/c1-15(13,14)5-3-2-4(9)6(7(5)10)8(11)12/h2-3H,1H3,(H,11,12). The number of hydrogen-bond donors (Lipinski definition) is 1. The van der Waals surface area contributed by atoms with Crippen molar-refractivity contribution in [1.82, 2.24) is 0 Å². The summed E-state index contributed by atoms with van der Waals surface area (Å²) in [6.07, 6.45) is 0.810. The van der Waals surface area contributed by atoms with Crippen molar-refractivity contribution < 1.29 is 22.7 Å². The quantitative estimate of drug-likeness (QED) is 0.901. The van der Waals surface area contributed by atoms with Crippen molar-refractivity contribution in [2.75, 3.05) is 6.26 Å². The van der Waals surface area contributed by atoms with Gasteiger partial charge in [-0.25, -0.2) is 17.6 Å². The van der Waals surface area contributed by atoms with E-state index in [4.69, 9.17) is 5.11 Å². The van der Waals surface area contributed by atoms with Crippen LogP contribution < -0.4 is 0 Å². The van der Waals surface area contributed by atoms with Crippen molar-refractivity contribution in [1.29, 1.82) is 0 Å². The average Bonchev–Trinajstić information content (AvgIpc) is 2.00. The van der Waals surface area contributed by atoms with Crippen molar-refractivity contribution in [3.63, 3.8) is 0 Å². The monoisotopic (exact) mass is 296 g/mol. The minimum atomic E-state index is -3.77. The van der Waals surface area contributed by atoms with E-state index in [1.165, 1.54) is 6.07 Å². The summed E-state index contributed by atoms with van der Waals surface area (Å²) in [7, 11) is -3.77. The lowest BCUT2D eigenvalue weighted by Crippen LogP contribution is -2.08. The van der Waals surface area contributed by atoms with Gasteiger partial charge in [0.1, 0.15) is 10.5 Å². The lowest BCUT2D eigenvalue weighted by Gasteiger charge is -2.05. The molecule has 1 aromatic rings.